The van der Waals surface area contributed by atoms with Crippen molar-refractivity contribution in [3.05, 3.63) is 24.3 Å². The molecule has 2 rings (SSSR count). The number of likely N-dealkylation sites (tertiary alicyclic amines) is 1. The third-order valence-electron chi connectivity index (χ3n) is 4.88. The van der Waals surface area contributed by atoms with Gasteiger partial charge in [-0.1, -0.05) is 45.1 Å². The summed E-state index contributed by atoms with van der Waals surface area (Å²) in [5, 5.41) is 10.1. The van der Waals surface area contributed by atoms with Gasteiger partial charge in [-0.05, 0) is 45.3 Å². The summed E-state index contributed by atoms with van der Waals surface area (Å²) in [5.74, 6) is 0.810. The lowest BCUT2D eigenvalue weighted by Gasteiger charge is -2.28. The summed E-state index contributed by atoms with van der Waals surface area (Å²) >= 11 is 0. The first-order valence-corrected chi connectivity index (χ1v) is 10.6. The number of unbranched alkanes of at least 4 members (excludes halogenated alkanes) is 4. The van der Waals surface area contributed by atoms with Gasteiger partial charge in [0.05, 0.1) is 12.7 Å². The standard InChI is InChI=1S/C22H36N2O3/c1-3-4-5-6-10-16-26-21-13-11-12-20(17-21)23-22(25)27-19(2)18-24-14-8-7-9-15-24/h11-13,17,19H,3-10,14-16,18H2,1-2H3,(H,23,25)/p+1/t19-/m1/s1. The summed E-state index contributed by atoms with van der Waals surface area (Å²) in [6, 6.07) is 7.64. The van der Waals surface area contributed by atoms with Gasteiger partial charge in [-0.15, -0.1) is 4.99 Å². The molecule has 1 atom stereocenters. The molecule has 1 aliphatic rings. The molecule has 2 N–H and O–H groups in total. The molecule has 1 aliphatic heterocycles. The summed E-state index contributed by atoms with van der Waals surface area (Å²) in [6.45, 7) is 8.03. The van der Waals surface area contributed by atoms with Gasteiger partial charge in [0.15, 0.2) is 0 Å². The summed E-state index contributed by atoms with van der Waals surface area (Å²) in [5.41, 5.74) is 0.765. The van der Waals surface area contributed by atoms with Gasteiger partial charge < -0.3 is 14.6 Å². The SMILES string of the molecule is CCCCCCCOc1cccc([NH+]=C(O)O[C@H](C)CN2CCCCC2)c1. The van der Waals surface area contributed by atoms with E-state index in [-0.39, 0.29) is 12.2 Å². The van der Waals surface area contributed by atoms with Crippen molar-refractivity contribution >= 4 is 11.8 Å². The predicted octanol–water partition coefficient (Wildman–Crippen LogP) is 3.55. The molecule has 1 saturated heterocycles. The Balaban J connectivity index is 1.75. The fraction of sp³-hybridized carbons (Fsp3) is 0.682. The Morgan fingerprint density at radius 2 is 1.93 bits per heavy atom. The van der Waals surface area contributed by atoms with Gasteiger partial charge in [-0.2, -0.15) is 0 Å². The Kier molecular flexibility index (Phi) is 10.1. The van der Waals surface area contributed by atoms with Crippen LogP contribution in [0.5, 0.6) is 5.75 Å². The smallest absolute Gasteiger partial charge is 0.493 e. The highest BCUT2D eigenvalue weighted by Crippen LogP contribution is 2.14. The highest BCUT2D eigenvalue weighted by atomic mass is 16.6. The number of aliphatic hydroxyl groups is 1. The van der Waals surface area contributed by atoms with E-state index in [9.17, 15) is 5.11 Å². The van der Waals surface area contributed by atoms with Crippen LogP contribution in [0.25, 0.3) is 0 Å². The van der Waals surface area contributed by atoms with E-state index in [1.165, 1.54) is 44.9 Å². The van der Waals surface area contributed by atoms with Crippen molar-refractivity contribution in [2.45, 2.75) is 71.3 Å². The van der Waals surface area contributed by atoms with E-state index in [0.717, 1.165) is 44.1 Å². The number of hydrogen-bond acceptors (Lipinski definition) is 3. The quantitative estimate of drug-likeness (QED) is 0.352. The minimum absolute atomic E-state index is 0.0573. The number of ether oxygens (including phenoxy) is 2. The largest absolute Gasteiger partial charge is 0.551 e. The molecule has 5 nitrogen and oxygen atoms in total. The predicted molar refractivity (Wildman–Crippen MR) is 110 cm³/mol. The second kappa shape index (κ2) is 12.6. The van der Waals surface area contributed by atoms with Crippen LogP contribution in [0.3, 0.4) is 0 Å². The highest BCUT2D eigenvalue weighted by molar-refractivity contribution is 5.59. The average Bonchev–Trinajstić information content (AvgIpc) is 2.65. The topological polar surface area (TPSA) is 55.9 Å². The Morgan fingerprint density at radius 3 is 2.70 bits per heavy atom. The Labute approximate surface area is 164 Å². The van der Waals surface area contributed by atoms with E-state index < -0.39 is 0 Å². The van der Waals surface area contributed by atoms with E-state index in [1.807, 2.05) is 31.2 Å². The maximum absolute atomic E-state index is 10.1. The van der Waals surface area contributed by atoms with Crippen molar-refractivity contribution in [2.75, 3.05) is 26.2 Å². The number of benzene rings is 1. The van der Waals surface area contributed by atoms with Crippen molar-refractivity contribution in [3.63, 3.8) is 0 Å². The van der Waals surface area contributed by atoms with Crippen LogP contribution in [-0.4, -0.2) is 48.4 Å². The summed E-state index contributed by atoms with van der Waals surface area (Å²) in [6.07, 6.45) is 9.74. The van der Waals surface area contributed by atoms with Gasteiger partial charge in [0.2, 0.25) is 5.69 Å². The lowest BCUT2D eigenvalue weighted by molar-refractivity contribution is -0.383. The molecular formula is C22H37N2O3+. The van der Waals surface area contributed by atoms with Gasteiger partial charge in [0, 0.05) is 12.6 Å². The molecule has 1 heterocycles. The van der Waals surface area contributed by atoms with Crippen molar-refractivity contribution in [3.8, 4) is 5.75 Å². The fourth-order valence-corrected chi connectivity index (χ4v) is 3.45. The molecular weight excluding hydrogens is 340 g/mol. The zero-order valence-corrected chi connectivity index (χ0v) is 17.1. The van der Waals surface area contributed by atoms with Crippen LogP contribution < -0.4 is 9.73 Å². The normalized spacial score (nSPS) is 16.9. The molecule has 1 aromatic carbocycles. The van der Waals surface area contributed by atoms with Gasteiger partial charge in [0.1, 0.15) is 11.9 Å². The first kappa shape index (κ1) is 21.5. The number of nitrogens with one attached hydrogen (secondary N) is 1. The minimum atomic E-state index is -0.156. The Hall–Kier alpha value is -1.75. The molecule has 27 heavy (non-hydrogen) atoms. The second-order valence-corrected chi connectivity index (χ2v) is 7.51. The molecule has 0 bridgehead atoms. The van der Waals surface area contributed by atoms with Gasteiger partial charge in [-0.3, -0.25) is 4.90 Å². The van der Waals surface area contributed by atoms with Crippen LogP contribution in [0.15, 0.2) is 24.3 Å². The van der Waals surface area contributed by atoms with Crippen molar-refractivity contribution < 1.29 is 19.6 Å². The van der Waals surface area contributed by atoms with Crippen LogP contribution in [-0.2, 0) is 4.74 Å². The maximum atomic E-state index is 10.1. The van der Waals surface area contributed by atoms with E-state index in [2.05, 4.69) is 16.8 Å². The van der Waals surface area contributed by atoms with Gasteiger partial charge >= 0.3 is 6.08 Å². The molecule has 0 aliphatic carbocycles. The number of hydrogen-bond donors (Lipinski definition) is 2. The van der Waals surface area contributed by atoms with Crippen LogP contribution in [0.2, 0.25) is 0 Å². The zero-order chi connectivity index (χ0) is 19.3. The lowest BCUT2D eigenvalue weighted by Crippen LogP contribution is -2.67. The van der Waals surface area contributed by atoms with Crippen molar-refractivity contribution in [1.82, 2.24) is 4.90 Å². The second-order valence-electron chi connectivity index (χ2n) is 7.51. The summed E-state index contributed by atoms with van der Waals surface area (Å²) in [4.78, 5) is 5.32. The number of aliphatic hydroxyl groups excluding tert-OH is 1. The molecule has 0 amide bonds. The summed E-state index contributed by atoms with van der Waals surface area (Å²) in [7, 11) is 0. The van der Waals surface area contributed by atoms with Crippen LogP contribution in [0.4, 0.5) is 5.69 Å². The van der Waals surface area contributed by atoms with Crippen LogP contribution in [0, 0.1) is 0 Å². The highest BCUT2D eigenvalue weighted by Gasteiger charge is 2.17. The molecule has 1 fully saturated rings. The Morgan fingerprint density at radius 1 is 1.15 bits per heavy atom. The molecule has 5 heteroatoms. The lowest BCUT2D eigenvalue weighted by atomic mass is 10.1. The fourth-order valence-electron chi connectivity index (χ4n) is 3.45. The zero-order valence-electron chi connectivity index (χ0n) is 17.1. The molecule has 152 valence electrons. The number of nitrogens with zero attached hydrogens (tertiary/aromatic N) is 1. The molecule has 0 spiro atoms. The molecule has 0 aromatic heterocycles. The number of rotatable bonds is 11. The molecule has 0 radical (unpaired) electrons. The first-order chi connectivity index (χ1) is 13.2. The molecule has 0 saturated carbocycles. The molecule has 0 unspecified atom stereocenters. The number of piperidine rings is 1. The van der Waals surface area contributed by atoms with E-state index in [4.69, 9.17) is 9.47 Å². The summed E-state index contributed by atoms with van der Waals surface area (Å²) < 4.78 is 11.4. The van der Waals surface area contributed by atoms with Crippen LogP contribution in [0.1, 0.15) is 65.2 Å². The van der Waals surface area contributed by atoms with E-state index >= 15 is 0 Å². The van der Waals surface area contributed by atoms with E-state index in [0.29, 0.717) is 0 Å². The monoisotopic (exact) mass is 377 g/mol. The van der Waals surface area contributed by atoms with Crippen LogP contribution >= 0.6 is 0 Å². The van der Waals surface area contributed by atoms with Crippen molar-refractivity contribution in [1.29, 1.82) is 0 Å². The minimum Gasteiger partial charge on any atom is -0.493 e. The maximum Gasteiger partial charge on any atom is 0.551 e. The van der Waals surface area contributed by atoms with E-state index in [1.54, 1.807) is 0 Å². The first-order valence-electron chi connectivity index (χ1n) is 10.6. The third-order valence-corrected chi connectivity index (χ3v) is 4.88. The van der Waals surface area contributed by atoms with Crippen molar-refractivity contribution in [2.24, 2.45) is 0 Å². The van der Waals surface area contributed by atoms with Gasteiger partial charge in [0.25, 0.3) is 0 Å². The third kappa shape index (κ3) is 9.14. The Bertz CT molecular complexity index is 556. The average molecular weight is 378 g/mol. The van der Waals surface area contributed by atoms with Gasteiger partial charge in [-0.25, -0.2) is 0 Å². The molecule has 1 aromatic rings.